The third kappa shape index (κ3) is 5.19. The fraction of sp³-hybridized carbons (Fsp3) is 0.312. The minimum atomic E-state index is -1.04. The number of carbonyl (C=O) groups excluding carboxylic acids is 5. The predicted molar refractivity (Wildman–Crippen MR) is 160 cm³/mol. The molecule has 1 saturated carbocycles. The molecule has 0 spiro atoms. The van der Waals surface area contributed by atoms with Crippen LogP contribution >= 0.6 is 0 Å². The molecule has 13 nitrogen and oxygen atoms in total. The van der Waals surface area contributed by atoms with E-state index in [1.54, 1.807) is 30.6 Å². The Morgan fingerprint density at radius 3 is 2.58 bits per heavy atom. The van der Waals surface area contributed by atoms with Crippen molar-refractivity contribution in [2.24, 2.45) is 11.7 Å². The molecule has 1 saturated heterocycles. The number of hydrogen-bond acceptors (Lipinski definition) is 8. The molecule has 228 valence electrons. The van der Waals surface area contributed by atoms with Gasteiger partial charge in [0, 0.05) is 30.1 Å². The van der Waals surface area contributed by atoms with E-state index in [1.807, 2.05) is 35.1 Å². The van der Waals surface area contributed by atoms with E-state index in [2.05, 4.69) is 15.6 Å². The molecule has 4 heterocycles. The summed E-state index contributed by atoms with van der Waals surface area (Å²) in [4.78, 5) is 73.0. The largest absolute Gasteiger partial charge is 0.352 e. The number of urea groups is 1. The highest BCUT2D eigenvalue weighted by molar-refractivity contribution is 6.23. The smallest absolute Gasteiger partial charge is 0.312 e. The maximum atomic E-state index is 13.4. The van der Waals surface area contributed by atoms with Crippen LogP contribution in [0.25, 0.3) is 22.3 Å². The zero-order chi connectivity index (χ0) is 31.2. The quantitative estimate of drug-likeness (QED) is 0.280. The lowest BCUT2D eigenvalue weighted by Crippen LogP contribution is -2.54. The van der Waals surface area contributed by atoms with Gasteiger partial charge in [0.05, 0.1) is 46.3 Å². The molecule has 0 bridgehead atoms. The van der Waals surface area contributed by atoms with Crippen molar-refractivity contribution < 1.29 is 24.0 Å². The number of benzene rings is 2. The summed E-state index contributed by atoms with van der Waals surface area (Å²) in [6, 6.07) is 10.7. The van der Waals surface area contributed by atoms with Gasteiger partial charge in [-0.25, -0.2) is 9.78 Å². The molecular weight excluding hydrogens is 576 g/mol. The highest BCUT2D eigenvalue weighted by atomic mass is 16.2. The first-order valence-corrected chi connectivity index (χ1v) is 14.9. The SMILES string of the molecule is NC(=O)NC1CCCC(n2cc(-c3cnc4ccccc4n3)cn2)C1Cc1ccc2c(c1)C(=O)N(C1CCC(=O)NC1=O)C2=O. The van der Waals surface area contributed by atoms with Crippen molar-refractivity contribution in [3.63, 3.8) is 0 Å². The molecule has 3 aliphatic rings. The normalized spacial score (nSPS) is 23.2. The lowest BCUT2D eigenvalue weighted by atomic mass is 9.76. The molecule has 2 aliphatic heterocycles. The van der Waals surface area contributed by atoms with Gasteiger partial charge < -0.3 is 11.1 Å². The summed E-state index contributed by atoms with van der Waals surface area (Å²) >= 11 is 0. The minimum Gasteiger partial charge on any atom is -0.352 e. The van der Waals surface area contributed by atoms with Crippen molar-refractivity contribution in [1.29, 1.82) is 0 Å². The summed E-state index contributed by atoms with van der Waals surface area (Å²) in [6.07, 6.45) is 8.38. The molecule has 7 rings (SSSR count). The Morgan fingerprint density at radius 2 is 1.78 bits per heavy atom. The van der Waals surface area contributed by atoms with Crippen LogP contribution in [0.1, 0.15) is 64.4 Å². The van der Waals surface area contributed by atoms with Gasteiger partial charge >= 0.3 is 6.03 Å². The van der Waals surface area contributed by atoms with E-state index >= 15 is 0 Å². The second-order valence-corrected chi connectivity index (χ2v) is 11.8. The van der Waals surface area contributed by atoms with Crippen LogP contribution in [-0.2, 0) is 16.0 Å². The number of fused-ring (bicyclic) bond motifs is 2. The van der Waals surface area contributed by atoms with Gasteiger partial charge in [0.25, 0.3) is 11.8 Å². The molecule has 2 aromatic carbocycles. The number of amides is 6. The summed E-state index contributed by atoms with van der Waals surface area (Å²) < 4.78 is 1.90. The molecule has 2 fully saturated rings. The molecule has 4 atom stereocenters. The Bertz CT molecular complexity index is 1890. The third-order valence-electron chi connectivity index (χ3n) is 9.01. The Morgan fingerprint density at radius 1 is 0.978 bits per heavy atom. The number of rotatable bonds is 6. The number of aromatic nitrogens is 4. The van der Waals surface area contributed by atoms with E-state index in [0.29, 0.717) is 12.1 Å². The second kappa shape index (κ2) is 11.2. The lowest BCUT2D eigenvalue weighted by molar-refractivity contribution is -0.136. The molecule has 4 unspecified atom stereocenters. The van der Waals surface area contributed by atoms with E-state index in [9.17, 15) is 24.0 Å². The number of para-hydroxylation sites is 2. The second-order valence-electron chi connectivity index (χ2n) is 11.8. The van der Waals surface area contributed by atoms with Crippen LogP contribution in [0.5, 0.6) is 0 Å². The maximum Gasteiger partial charge on any atom is 0.312 e. The average Bonchev–Trinajstić information content (AvgIpc) is 3.61. The zero-order valence-electron chi connectivity index (χ0n) is 24.2. The van der Waals surface area contributed by atoms with Gasteiger partial charge in [0.1, 0.15) is 6.04 Å². The van der Waals surface area contributed by atoms with Crippen LogP contribution in [0.2, 0.25) is 0 Å². The first-order chi connectivity index (χ1) is 21.8. The summed E-state index contributed by atoms with van der Waals surface area (Å²) in [5, 5.41) is 9.82. The molecule has 6 amide bonds. The van der Waals surface area contributed by atoms with Crippen molar-refractivity contribution >= 4 is 40.7 Å². The molecule has 13 heteroatoms. The Labute approximate surface area is 257 Å². The van der Waals surface area contributed by atoms with Crippen molar-refractivity contribution in [2.45, 2.75) is 56.7 Å². The predicted octanol–water partition coefficient (Wildman–Crippen LogP) is 2.52. The van der Waals surface area contributed by atoms with Gasteiger partial charge in [-0.2, -0.15) is 5.10 Å². The first kappa shape index (κ1) is 28.3. The van der Waals surface area contributed by atoms with Gasteiger partial charge in [0.15, 0.2) is 0 Å². The number of nitrogens with zero attached hydrogens (tertiary/aromatic N) is 5. The zero-order valence-corrected chi connectivity index (χ0v) is 24.2. The number of carbonyl (C=O) groups is 5. The minimum absolute atomic E-state index is 0.0506. The number of primary amides is 1. The maximum absolute atomic E-state index is 13.4. The summed E-state index contributed by atoms with van der Waals surface area (Å²) in [5.41, 5.74) is 9.89. The van der Waals surface area contributed by atoms with Crippen LogP contribution in [0.4, 0.5) is 4.79 Å². The number of hydrogen-bond donors (Lipinski definition) is 3. The molecule has 4 N–H and O–H groups in total. The van der Waals surface area contributed by atoms with E-state index < -0.39 is 35.7 Å². The number of nitrogens with one attached hydrogen (secondary N) is 2. The average molecular weight is 607 g/mol. The fourth-order valence-corrected chi connectivity index (χ4v) is 6.88. The molecule has 45 heavy (non-hydrogen) atoms. The molecule has 0 radical (unpaired) electrons. The van der Waals surface area contributed by atoms with Gasteiger partial charge in [0.2, 0.25) is 11.8 Å². The van der Waals surface area contributed by atoms with Crippen LogP contribution in [0.15, 0.2) is 61.1 Å². The summed E-state index contributed by atoms with van der Waals surface area (Å²) in [5.74, 6) is -2.34. The van der Waals surface area contributed by atoms with Crippen molar-refractivity contribution in [2.75, 3.05) is 0 Å². The van der Waals surface area contributed by atoms with Gasteiger partial charge in [-0.05, 0) is 61.9 Å². The highest BCUT2D eigenvalue weighted by Gasteiger charge is 2.45. The van der Waals surface area contributed by atoms with Crippen molar-refractivity contribution in [1.82, 2.24) is 35.3 Å². The monoisotopic (exact) mass is 606 g/mol. The molecule has 1 aliphatic carbocycles. The summed E-state index contributed by atoms with van der Waals surface area (Å²) in [7, 11) is 0. The highest BCUT2D eigenvalue weighted by Crippen LogP contribution is 2.38. The fourth-order valence-electron chi connectivity index (χ4n) is 6.88. The van der Waals surface area contributed by atoms with E-state index in [1.165, 1.54) is 0 Å². The van der Waals surface area contributed by atoms with Crippen LogP contribution in [-0.4, -0.2) is 66.4 Å². The van der Waals surface area contributed by atoms with Gasteiger partial charge in [-0.1, -0.05) is 18.2 Å². The number of piperidine rings is 1. The van der Waals surface area contributed by atoms with Crippen LogP contribution in [0.3, 0.4) is 0 Å². The Balaban J connectivity index is 1.17. The Kier molecular flexibility index (Phi) is 7.07. The summed E-state index contributed by atoms with van der Waals surface area (Å²) in [6.45, 7) is 0. The third-order valence-corrected chi connectivity index (χ3v) is 9.01. The Hall–Kier alpha value is -5.46. The van der Waals surface area contributed by atoms with Crippen LogP contribution in [0, 0.1) is 5.92 Å². The van der Waals surface area contributed by atoms with Gasteiger partial charge in [-0.15, -0.1) is 0 Å². The van der Waals surface area contributed by atoms with Crippen molar-refractivity contribution in [3.05, 3.63) is 77.7 Å². The van der Waals surface area contributed by atoms with Crippen molar-refractivity contribution in [3.8, 4) is 11.3 Å². The first-order valence-electron chi connectivity index (χ1n) is 14.9. The molecule has 4 aromatic rings. The topological polar surface area (TPSA) is 182 Å². The number of imide groups is 2. The molecular formula is C32H30N8O5. The van der Waals surface area contributed by atoms with Gasteiger partial charge in [-0.3, -0.25) is 39.1 Å². The lowest BCUT2D eigenvalue weighted by Gasteiger charge is -2.38. The van der Waals surface area contributed by atoms with Crippen LogP contribution < -0.4 is 16.4 Å². The number of nitrogens with two attached hydrogens (primary N) is 1. The van der Waals surface area contributed by atoms with E-state index in [0.717, 1.165) is 46.3 Å². The van der Waals surface area contributed by atoms with E-state index in [-0.39, 0.29) is 42.0 Å². The standard InChI is InChI=1S/C32H30N8O5/c33-32(45)37-22-6-3-7-26(39-16-18(14-35-39)25-15-34-23-4-1-2-5-24(23)36-25)21(22)13-17-8-9-19-20(12-17)31(44)40(30(19)43)27-10-11-28(41)38-29(27)42/h1-2,4-5,8-9,12,14-16,21-22,26-27H,3,6-7,10-11,13H2,(H3,33,37,45)(H,38,41,42). The van der Waals surface area contributed by atoms with E-state index in [4.69, 9.17) is 15.8 Å². The molecule has 2 aromatic heterocycles.